The van der Waals surface area contributed by atoms with Crippen LogP contribution in [0.2, 0.25) is 0 Å². The number of benzene rings is 1. The zero-order valence-corrected chi connectivity index (χ0v) is 15.2. The van der Waals surface area contributed by atoms with E-state index in [-0.39, 0.29) is 0 Å². The van der Waals surface area contributed by atoms with Gasteiger partial charge in [-0.2, -0.15) is 0 Å². The fourth-order valence-electron chi connectivity index (χ4n) is 3.92. The van der Waals surface area contributed by atoms with E-state index in [9.17, 15) is 0 Å². The van der Waals surface area contributed by atoms with Crippen molar-refractivity contribution in [1.82, 2.24) is 25.0 Å². The third-order valence-electron chi connectivity index (χ3n) is 5.32. The van der Waals surface area contributed by atoms with Gasteiger partial charge in [-0.3, -0.25) is 4.90 Å². The topological polar surface area (TPSA) is 55.2 Å². The Morgan fingerprint density at radius 2 is 2.16 bits per heavy atom. The summed E-state index contributed by atoms with van der Waals surface area (Å²) in [6.07, 6.45) is 3.71. The van der Waals surface area contributed by atoms with E-state index in [4.69, 9.17) is 4.74 Å². The SMILES string of the molecule is COc1cc(C)ccc1CN1CCn2c(nnc2C2CCCCN2)C1. The third-order valence-corrected chi connectivity index (χ3v) is 5.32. The Labute approximate surface area is 149 Å². The predicted octanol–water partition coefficient (Wildman–Crippen LogP) is 2.43. The molecule has 1 unspecified atom stereocenters. The highest BCUT2D eigenvalue weighted by atomic mass is 16.5. The van der Waals surface area contributed by atoms with Gasteiger partial charge in [0.1, 0.15) is 17.4 Å². The van der Waals surface area contributed by atoms with Crippen LogP contribution in [0.1, 0.15) is 48.1 Å². The van der Waals surface area contributed by atoms with E-state index in [1.165, 1.54) is 30.4 Å². The first-order valence-corrected chi connectivity index (χ1v) is 9.26. The molecule has 2 aliphatic heterocycles. The van der Waals surface area contributed by atoms with E-state index in [0.29, 0.717) is 6.04 Å². The van der Waals surface area contributed by atoms with Crippen LogP contribution in [0.4, 0.5) is 0 Å². The van der Waals surface area contributed by atoms with E-state index < -0.39 is 0 Å². The van der Waals surface area contributed by atoms with Gasteiger partial charge in [0.15, 0.2) is 0 Å². The molecule has 0 aliphatic carbocycles. The van der Waals surface area contributed by atoms with Crippen LogP contribution >= 0.6 is 0 Å². The zero-order valence-electron chi connectivity index (χ0n) is 15.2. The lowest BCUT2D eigenvalue weighted by Gasteiger charge is -2.30. The van der Waals surface area contributed by atoms with Crippen LogP contribution < -0.4 is 10.1 Å². The van der Waals surface area contributed by atoms with Crippen molar-refractivity contribution < 1.29 is 4.74 Å². The lowest BCUT2D eigenvalue weighted by Crippen LogP contribution is -2.36. The molecule has 1 saturated heterocycles. The Kier molecular flexibility index (Phi) is 4.72. The Morgan fingerprint density at radius 3 is 2.96 bits per heavy atom. The highest BCUT2D eigenvalue weighted by Crippen LogP contribution is 2.26. The van der Waals surface area contributed by atoms with Crippen molar-refractivity contribution in [3.05, 3.63) is 41.0 Å². The number of nitrogens with one attached hydrogen (secondary N) is 1. The molecule has 4 rings (SSSR count). The Hall–Kier alpha value is -1.92. The summed E-state index contributed by atoms with van der Waals surface area (Å²) in [5.41, 5.74) is 2.46. The van der Waals surface area contributed by atoms with Gasteiger partial charge in [-0.1, -0.05) is 18.6 Å². The average molecular weight is 341 g/mol. The van der Waals surface area contributed by atoms with Crippen LogP contribution in [-0.4, -0.2) is 39.9 Å². The minimum absolute atomic E-state index is 0.374. The van der Waals surface area contributed by atoms with E-state index in [2.05, 4.69) is 50.1 Å². The third kappa shape index (κ3) is 3.41. The molecule has 134 valence electrons. The molecule has 1 atom stereocenters. The Morgan fingerprint density at radius 1 is 1.24 bits per heavy atom. The van der Waals surface area contributed by atoms with Crippen molar-refractivity contribution in [2.45, 2.75) is 51.9 Å². The quantitative estimate of drug-likeness (QED) is 0.926. The molecule has 3 heterocycles. The summed E-state index contributed by atoms with van der Waals surface area (Å²) in [5, 5.41) is 12.6. The first kappa shape index (κ1) is 16.5. The lowest BCUT2D eigenvalue weighted by atomic mass is 10.0. The molecule has 25 heavy (non-hydrogen) atoms. The monoisotopic (exact) mass is 341 g/mol. The smallest absolute Gasteiger partial charge is 0.150 e. The minimum atomic E-state index is 0.374. The molecule has 2 aliphatic rings. The molecule has 6 heteroatoms. The van der Waals surface area contributed by atoms with Crippen molar-refractivity contribution in [3.63, 3.8) is 0 Å². The molecular formula is C19H27N5O. The molecule has 0 bridgehead atoms. The second-order valence-corrected chi connectivity index (χ2v) is 7.15. The van der Waals surface area contributed by atoms with Gasteiger partial charge in [-0.25, -0.2) is 0 Å². The number of hydrogen-bond acceptors (Lipinski definition) is 5. The maximum atomic E-state index is 5.55. The maximum Gasteiger partial charge on any atom is 0.150 e. The predicted molar refractivity (Wildman–Crippen MR) is 96.5 cm³/mol. The van der Waals surface area contributed by atoms with E-state index in [1.807, 2.05) is 0 Å². The van der Waals surface area contributed by atoms with Crippen molar-refractivity contribution in [1.29, 1.82) is 0 Å². The summed E-state index contributed by atoms with van der Waals surface area (Å²) in [7, 11) is 1.74. The van der Waals surface area contributed by atoms with Crippen LogP contribution in [0, 0.1) is 6.92 Å². The molecule has 0 amide bonds. The van der Waals surface area contributed by atoms with Crippen LogP contribution in [0.3, 0.4) is 0 Å². The fourth-order valence-corrected chi connectivity index (χ4v) is 3.92. The van der Waals surface area contributed by atoms with Crippen molar-refractivity contribution in [2.75, 3.05) is 20.2 Å². The number of aryl methyl sites for hydroxylation is 1. The van der Waals surface area contributed by atoms with Crippen molar-refractivity contribution in [2.24, 2.45) is 0 Å². The summed E-state index contributed by atoms with van der Waals surface area (Å²) in [4.78, 5) is 2.43. The number of rotatable bonds is 4. The first-order chi connectivity index (χ1) is 12.2. The van der Waals surface area contributed by atoms with Crippen molar-refractivity contribution in [3.8, 4) is 5.75 Å². The van der Waals surface area contributed by atoms with Gasteiger partial charge in [0, 0.05) is 25.2 Å². The van der Waals surface area contributed by atoms with Crippen molar-refractivity contribution >= 4 is 0 Å². The van der Waals surface area contributed by atoms with Gasteiger partial charge >= 0.3 is 0 Å². The molecule has 1 aromatic heterocycles. The average Bonchev–Trinajstić information content (AvgIpc) is 3.07. The Balaban J connectivity index is 1.48. The molecule has 2 aromatic rings. The van der Waals surface area contributed by atoms with Gasteiger partial charge in [0.25, 0.3) is 0 Å². The summed E-state index contributed by atoms with van der Waals surface area (Å²) in [5.74, 6) is 3.18. The highest BCUT2D eigenvalue weighted by Gasteiger charge is 2.26. The second kappa shape index (κ2) is 7.14. The normalized spacial score (nSPS) is 21.1. The number of methoxy groups -OCH3 is 1. The second-order valence-electron chi connectivity index (χ2n) is 7.15. The van der Waals surface area contributed by atoms with E-state index >= 15 is 0 Å². The number of aromatic nitrogens is 3. The first-order valence-electron chi connectivity index (χ1n) is 9.26. The highest BCUT2D eigenvalue weighted by molar-refractivity contribution is 5.37. The van der Waals surface area contributed by atoms with E-state index in [1.54, 1.807) is 7.11 Å². The summed E-state index contributed by atoms with van der Waals surface area (Å²) in [6.45, 7) is 6.89. The molecule has 6 nitrogen and oxygen atoms in total. The molecule has 0 spiro atoms. The van der Waals surface area contributed by atoms with E-state index in [0.717, 1.165) is 50.1 Å². The molecule has 1 fully saturated rings. The van der Waals surface area contributed by atoms with Gasteiger partial charge in [-0.05, 0) is 37.9 Å². The minimum Gasteiger partial charge on any atom is -0.496 e. The molecular weight excluding hydrogens is 314 g/mol. The Bertz CT molecular complexity index is 735. The molecule has 1 aromatic carbocycles. The van der Waals surface area contributed by atoms with Gasteiger partial charge in [-0.15, -0.1) is 10.2 Å². The maximum absolute atomic E-state index is 5.55. The van der Waals surface area contributed by atoms with Crippen LogP contribution in [0.15, 0.2) is 18.2 Å². The van der Waals surface area contributed by atoms with Crippen LogP contribution in [-0.2, 0) is 19.6 Å². The molecule has 0 saturated carbocycles. The van der Waals surface area contributed by atoms with Crippen LogP contribution in [0.25, 0.3) is 0 Å². The van der Waals surface area contributed by atoms with Crippen LogP contribution in [0.5, 0.6) is 5.75 Å². The number of nitrogens with zero attached hydrogens (tertiary/aromatic N) is 4. The molecule has 0 radical (unpaired) electrons. The van der Waals surface area contributed by atoms with Gasteiger partial charge in [0.05, 0.1) is 19.7 Å². The number of fused-ring (bicyclic) bond motifs is 1. The summed E-state index contributed by atoms with van der Waals surface area (Å²) >= 11 is 0. The number of ether oxygens (including phenoxy) is 1. The lowest BCUT2D eigenvalue weighted by molar-refractivity contribution is 0.202. The zero-order chi connectivity index (χ0) is 17.2. The molecule has 1 N–H and O–H groups in total. The standard InChI is InChI=1S/C19H27N5O/c1-14-6-7-15(17(11-14)25-2)12-23-9-10-24-18(13-23)21-22-19(24)16-5-3-4-8-20-16/h6-7,11,16,20H,3-5,8-10,12-13H2,1-2H3. The fraction of sp³-hybridized carbons (Fsp3) is 0.579. The summed E-state index contributed by atoms with van der Waals surface area (Å²) < 4.78 is 7.88. The largest absolute Gasteiger partial charge is 0.496 e. The van der Waals surface area contributed by atoms with Gasteiger partial charge in [0.2, 0.25) is 0 Å². The summed E-state index contributed by atoms with van der Waals surface area (Å²) in [6, 6.07) is 6.80. The number of piperidine rings is 1. The number of hydrogen-bond donors (Lipinski definition) is 1. The van der Waals surface area contributed by atoms with Gasteiger partial charge < -0.3 is 14.6 Å².